The second-order valence-electron chi connectivity index (χ2n) is 18.6. The van der Waals surface area contributed by atoms with Crippen molar-refractivity contribution >= 4 is 56.2 Å². The van der Waals surface area contributed by atoms with Gasteiger partial charge in [0.1, 0.15) is 23.3 Å². The predicted molar refractivity (Wildman–Crippen MR) is 267 cm³/mol. The molecule has 4 atom stereocenters. The largest absolute Gasteiger partial charge is 0.390 e. The third-order valence-corrected chi connectivity index (χ3v) is 14.0. The van der Waals surface area contributed by atoms with Crippen molar-refractivity contribution in [3.05, 3.63) is 109 Å². The molecule has 0 saturated carbocycles. The molecule has 0 bridgehead atoms. The van der Waals surface area contributed by atoms with Gasteiger partial charge in [-0.3, -0.25) is 29.1 Å². The van der Waals surface area contributed by atoms with Crippen molar-refractivity contribution in [2.24, 2.45) is 0 Å². The number of anilines is 6. The van der Waals surface area contributed by atoms with Crippen LogP contribution in [0.5, 0.6) is 0 Å². The second-order valence-corrected chi connectivity index (χ2v) is 18.6. The van der Waals surface area contributed by atoms with Crippen LogP contribution >= 0.6 is 0 Å². The molecule has 20 heteroatoms. The Bertz CT molecular complexity index is 2950. The Morgan fingerprint density at radius 3 is 1.43 bits per heavy atom. The number of piperidine rings is 2. The van der Waals surface area contributed by atoms with E-state index in [-0.39, 0.29) is 12.1 Å². The standard InChI is InChI=1S/2C25H28N8O2/c2*1-15-2-4-27-9-19(15)21-6-16-7-24(28-10-20(16)25(26)31-21)30-17-8-29-33(11-17)22-3-5-32(12-23(22)34)18-13-35-14-18/h2*2,4,6-11,18,22-23,34H,3,5,12-14H2,1H3,(H2,26,31)(H,28,30)/t2*22-,23-/m10/s1. The Kier molecular flexibility index (Phi) is 12.5. The Morgan fingerprint density at radius 2 is 1.04 bits per heavy atom. The fourth-order valence-corrected chi connectivity index (χ4v) is 9.72. The summed E-state index contributed by atoms with van der Waals surface area (Å²) in [6, 6.07) is 12.6. The van der Waals surface area contributed by atoms with E-state index in [4.69, 9.17) is 20.9 Å². The predicted octanol–water partition coefficient (Wildman–Crippen LogP) is 5.06. The lowest BCUT2D eigenvalue weighted by Gasteiger charge is -2.43. The highest BCUT2D eigenvalue weighted by atomic mass is 16.5. The van der Waals surface area contributed by atoms with Crippen LogP contribution in [0.15, 0.2) is 98.4 Å². The molecule has 0 spiro atoms. The van der Waals surface area contributed by atoms with Crippen molar-refractivity contribution < 1.29 is 19.7 Å². The first-order valence-electron chi connectivity index (χ1n) is 23.7. The Balaban J connectivity index is 0.000000152. The van der Waals surface area contributed by atoms with E-state index in [1.165, 1.54) is 0 Å². The van der Waals surface area contributed by atoms with Gasteiger partial charge >= 0.3 is 0 Å². The lowest BCUT2D eigenvalue weighted by Crippen LogP contribution is -2.55. The number of aromatic nitrogens is 10. The van der Waals surface area contributed by atoms with Gasteiger partial charge in [0.2, 0.25) is 0 Å². The number of ether oxygens (including phenoxy) is 2. The Labute approximate surface area is 403 Å². The average Bonchev–Trinajstić information content (AvgIpc) is 3.98. The highest BCUT2D eigenvalue weighted by Gasteiger charge is 2.37. The number of fused-ring (bicyclic) bond motifs is 2. The quantitative estimate of drug-likeness (QED) is 0.105. The summed E-state index contributed by atoms with van der Waals surface area (Å²) in [5.74, 6) is 2.22. The highest BCUT2D eigenvalue weighted by molar-refractivity contribution is 5.96. The van der Waals surface area contributed by atoms with Gasteiger partial charge in [0.15, 0.2) is 0 Å². The number of aliphatic hydroxyl groups excluding tert-OH is 2. The first-order valence-corrected chi connectivity index (χ1v) is 23.7. The molecular formula is C50H56N16O4. The van der Waals surface area contributed by atoms with Gasteiger partial charge in [-0.15, -0.1) is 0 Å². The number of nitrogen functional groups attached to an aromatic ring is 2. The molecule has 360 valence electrons. The molecule has 4 aliphatic rings. The van der Waals surface area contributed by atoms with Crippen LogP contribution in [0.2, 0.25) is 0 Å². The summed E-state index contributed by atoms with van der Waals surface area (Å²) in [4.78, 5) is 31.2. The minimum atomic E-state index is -0.472. The van der Waals surface area contributed by atoms with Crippen LogP contribution in [0.25, 0.3) is 44.1 Å². The lowest BCUT2D eigenvalue weighted by molar-refractivity contribution is -0.0946. The van der Waals surface area contributed by atoms with Crippen LogP contribution in [-0.4, -0.2) is 146 Å². The summed E-state index contributed by atoms with van der Waals surface area (Å²) in [6.07, 6.45) is 18.7. The molecule has 12 rings (SSSR count). The maximum Gasteiger partial charge on any atom is 0.133 e. The maximum atomic E-state index is 10.7. The van der Waals surface area contributed by atoms with E-state index in [1.54, 1.807) is 49.6 Å². The molecule has 0 aromatic carbocycles. The van der Waals surface area contributed by atoms with Gasteiger partial charge < -0.3 is 41.8 Å². The highest BCUT2D eigenvalue weighted by Crippen LogP contribution is 2.33. The average molecular weight is 945 g/mol. The van der Waals surface area contributed by atoms with E-state index in [1.807, 2.05) is 72.0 Å². The maximum absolute atomic E-state index is 10.7. The molecule has 20 nitrogen and oxygen atoms in total. The SMILES string of the molecule is Cc1ccncc1-c1cc2cc(Nc3cnn([C@@H]4CCN(C5COC5)C[C@H]4O)c3)ncc2c(N)n1.Cc1ccncc1-c1cc2cc(Nc3cnn([C@H]4CCN(C5COC5)C[C@@H]4O)c3)ncc2c(N)n1. The number of hydrogen-bond acceptors (Lipinski definition) is 18. The minimum absolute atomic E-state index is 0.0523. The van der Waals surface area contributed by atoms with Crippen LogP contribution in [0.1, 0.15) is 36.1 Å². The summed E-state index contributed by atoms with van der Waals surface area (Å²) in [6.45, 7) is 10.2. The van der Waals surface area contributed by atoms with E-state index in [9.17, 15) is 10.2 Å². The van der Waals surface area contributed by atoms with E-state index in [2.05, 4.69) is 60.5 Å². The normalized spacial score (nSPS) is 21.2. The molecule has 12 heterocycles. The second kappa shape index (κ2) is 19.3. The van der Waals surface area contributed by atoms with Crippen molar-refractivity contribution in [1.29, 1.82) is 0 Å². The number of aliphatic hydroxyl groups is 2. The van der Waals surface area contributed by atoms with E-state index < -0.39 is 12.2 Å². The first-order chi connectivity index (χ1) is 34.1. The molecule has 70 heavy (non-hydrogen) atoms. The van der Waals surface area contributed by atoms with Crippen LogP contribution in [0.4, 0.5) is 34.6 Å². The lowest BCUT2D eigenvalue weighted by atomic mass is 10.00. The van der Waals surface area contributed by atoms with E-state index in [0.29, 0.717) is 48.4 Å². The number of nitrogens with zero attached hydrogens (tertiary/aromatic N) is 12. The van der Waals surface area contributed by atoms with Gasteiger partial charge in [-0.2, -0.15) is 10.2 Å². The van der Waals surface area contributed by atoms with Gasteiger partial charge in [0, 0.05) is 97.7 Å². The molecule has 4 fully saturated rings. The molecular weight excluding hydrogens is 889 g/mol. The molecule has 4 saturated heterocycles. The summed E-state index contributed by atoms with van der Waals surface area (Å²) in [7, 11) is 0. The fourth-order valence-electron chi connectivity index (χ4n) is 9.72. The van der Waals surface area contributed by atoms with Gasteiger partial charge in [0.25, 0.3) is 0 Å². The zero-order valence-electron chi connectivity index (χ0n) is 39.0. The van der Waals surface area contributed by atoms with Gasteiger partial charge in [-0.1, -0.05) is 0 Å². The molecule has 0 unspecified atom stereocenters. The number of nitrogens with one attached hydrogen (secondary N) is 2. The topological polar surface area (TPSA) is 254 Å². The van der Waals surface area contributed by atoms with Crippen molar-refractivity contribution in [3.63, 3.8) is 0 Å². The molecule has 0 aliphatic carbocycles. The molecule has 4 aliphatic heterocycles. The number of aryl methyl sites for hydroxylation is 2. The number of pyridine rings is 6. The summed E-state index contributed by atoms with van der Waals surface area (Å²) >= 11 is 0. The summed E-state index contributed by atoms with van der Waals surface area (Å²) < 4.78 is 14.3. The molecule has 8 aromatic heterocycles. The Morgan fingerprint density at radius 1 is 0.600 bits per heavy atom. The third-order valence-electron chi connectivity index (χ3n) is 14.0. The first kappa shape index (κ1) is 45.3. The van der Waals surface area contributed by atoms with Crippen LogP contribution in [-0.2, 0) is 9.47 Å². The Hall–Kier alpha value is -7.20. The third kappa shape index (κ3) is 9.31. The number of β-amino-alcohol motifs (C(OH)–C–C–N with tert-alkyl or cyclic N) is 2. The zero-order valence-corrected chi connectivity index (χ0v) is 39.0. The van der Waals surface area contributed by atoms with Crippen molar-refractivity contribution in [2.75, 3.05) is 74.7 Å². The molecule has 8 N–H and O–H groups in total. The summed E-state index contributed by atoms with van der Waals surface area (Å²) in [5, 5.41) is 40.6. The zero-order chi connectivity index (χ0) is 47.9. The summed E-state index contributed by atoms with van der Waals surface area (Å²) in [5.41, 5.74) is 19.7. The van der Waals surface area contributed by atoms with E-state index >= 15 is 0 Å². The van der Waals surface area contributed by atoms with Crippen LogP contribution < -0.4 is 22.1 Å². The van der Waals surface area contributed by atoms with Crippen molar-refractivity contribution in [2.45, 2.75) is 63.1 Å². The van der Waals surface area contributed by atoms with Crippen molar-refractivity contribution in [1.82, 2.24) is 59.3 Å². The van der Waals surface area contributed by atoms with Gasteiger partial charge in [-0.25, -0.2) is 19.9 Å². The van der Waals surface area contributed by atoms with Crippen LogP contribution in [0, 0.1) is 13.8 Å². The number of rotatable bonds is 10. The molecule has 0 radical (unpaired) electrons. The number of hydrogen-bond donors (Lipinski definition) is 6. The smallest absolute Gasteiger partial charge is 0.133 e. The monoisotopic (exact) mass is 944 g/mol. The molecule has 8 aromatic rings. The van der Waals surface area contributed by atoms with E-state index in [0.717, 1.165) is 119 Å². The molecule has 0 amide bonds. The number of likely N-dealkylation sites (tertiary alicyclic amines) is 2. The number of nitrogens with two attached hydrogens (primary N) is 2. The van der Waals surface area contributed by atoms with Crippen molar-refractivity contribution in [3.8, 4) is 22.5 Å². The van der Waals surface area contributed by atoms with Crippen LogP contribution in [0.3, 0.4) is 0 Å². The van der Waals surface area contributed by atoms with Gasteiger partial charge in [0.05, 0.1) is 98.0 Å². The van der Waals surface area contributed by atoms with Gasteiger partial charge in [-0.05, 0) is 85.0 Å². The minimum Gasteiger partial charge on any atom is -0.390 e. The fraction of sp³-hybridized carbons (Fsp3) is 0.360.